The number of amides is 2. The molecule has 0 unspecified atom stereocenters. The number of piperazine rings is 2. The van der Waals surface area contributed by atoms with Crippen LogP contribution in [0.2, 0.25) is 0 Å². The smallest absolute Gasteiger partial charge is 0.246 e. The summed E-state index contributed by atoms with van der Waals surface area (Å²) < 4.78 is 0. The van der Waals surface area contributed by atoms with Gasteiger partial charge in [-0.15, -0.1) is 0 Å². The fourth-order valence-electron chi connectivity index (χ4n) is 2.81. The van der Waals surface area contributed by atoms with E-state index in [0.29, 0.717) is 19.6 Å². The Morgan fingerprint density at radius 3 is 2.81 bits per heavy atom. The maximum absolute atomic E-state index is 12.2. The van der Waals surface area contributed by atoms with Crippen LogP contribution in [-0.4, -0.2) is 60.4 Å². The number of rotatable bonds is 2. The largest absolute Gasteiger partial charge is 0.353 e. The van der Waals surface area contributed by atoms with E-state index in [1.807, 2.05) is 36.4 Å². The van der Waals surface area contributed by atoms with Crippen LogP contribution in [0.1, 0.15) is 5.56 Å². The molecule has 0 aliphatic carbocycles. The Labute approximate surface area is 124 Å². The van der Waals surface area contributed by atoms with Gasteiger partial charge in [0.25, 0.3) is 0 Å². The van der Waals surface area contributed by atoms with Crippen LogP contribution in [0.5, 0.6) is 0 Å². The third-order valence-corrected chi connectivity index (χ3v) is 4.02. The second kappa shape index (κ2) is 6.10. The number of benzene rings is 1. The number of hydrogen-bond donors (Lipinski definition) is 1. The summed E-state index contributed by atoms with van der Waals surface area (Å²) in [5.41, 5.74) is 1.000. The van der Waals surface area contributed by atoms with Gasteiger partial charge in [0.15, 0.2) is 0 Å². The molecule has 2 amide bonds. The van der Waals surface area contributed by atoms with Gasteiger partial charge in [-0.05, 0) is 11.6 Å². The highest BCUT2D eigenvalue weighted by Crippen LogP contribution is 2.13. The number of hydrogen-bond acceptors (Lipinski definition) is 3. The molecule has 21 heavy (non-hydrogen) atoms. The summed E-state index contributed by atoms with van der Waals surface area (Å²) in [6, 6.07) is 9.54. The van der Waals surface area contributed by atoms with Gasteiger partial charge in [-0.25, -0.2) is 0 Å². The maximum atomic E-state index is 12.2. The highest BCUT2D eigenvalue weighted by atomic mass is 16.2. The second-order valence-electron chi connectivity index (χ2n) is 5.37. The van der Waals surface area contributed by atoms with Crippen LogP contribution in [0.25, 0.3) is 6.08 Å². The lowest BCUT2D eigenvalue weighted by molar-refractivity contribution is -0.137. The van der Waals surface area contributed by atoms with Gasteiger partial charge in [0.1, 0.15) is 6.04 Å². The number of fused-ring (bicyclic) bond motifs is 1. The highest BCUT2D eigenvalue weighted by Gasteiger charge is 2.35. The normalized spacial score (nSPS) is 23.0. The molecule has 1 atom stereocenters. The number of carbonyl (C=O) groups is 2. The third kappa shape index (κ3) is 3.13. The van der Waals surface area contributed by atoms with E-state index >= 15 is 0 Å². The molecule has 0 saturated carbocycles. The summed E-state index contributed by atoms with van der Waals surface area (Å²) in [5, 5.41) is 2.86. The van der Waals surface area contributed by atoms with E-state index in [1.165, 1.54) is 0 Å². The van der Waals surface area contributed by atoms with E-state index < -0.39 is 0 Å². The van der Waals surface area contributed by atoms with Crippen molar-refractivity contribution < 1.29 is 9.59 Å². The molecule has 1 aromatic carbocycles. The average molecular weight is 285 g/mol. The van der Waals surface area contributed by atoms with Crippen molar-refractivity contribution in [2.75, 3.05) is 32.7 Å². The van der Waals surface area contributed by atoms with Crippen LogP contribution in [0.3, 0.4) is 0 Å². The van der Waals surface area contributed by atoms with Crippen LogP contribution >= 0.6 is 0 Å². The van der Waals surface area contributed by atoms with Crippen molar-refractivity contribution in [2.45, 2.75) is 6.04 Å². The van der Waals surface area contributed by atoms with Crippen LogP contribution < -0.4 is 5.32 Å². The monoisotopic (exact) mass is 285 g/mol. The first-order valence-electron chi connectivity index (χ1n) is 7.28. The Hall–Kier alpha value is -2.14. The van der Waals surface area contributed by atoms with Gasteiger partial charge in [0.2, 0.25) is 11.8 Å². The Balaban J connectivity index is 1.63. The quantitative estimate of drug-likeness (QED) is 0.797. The molecule has 2 aliphatic heterocycles. The van der Waals surface area contributed by atoms with Crippen molar-refractivity contribution in [3.8, 4) is 0 Å². The van der Waals surface area contributed by atoms with E-state index in [1.54, 1.807) is 11.0 Å². The standard InChI is InChI=1S/C16H19N3O2/c20-15(7-6-13-4-2-1-3-5-13)19-11-10-18-9-8-17-16(21)14(18)12-19/h1-7,14H,8-12H2,(H,17,21)/b7-6+/t14-/m1/s1. The van der Waals surface area contributed by atoms with E-state index in [0.717, 1.165) is 18.7 Å². The molecule has 2 aliphatic rings. The molecule has 0 bridgehead atoms. The second-order valence-corrected chi connectivity index (χ2v) is 5.37. The number of carbonyl (C=O) groups excluding carboxylic acids is 2. The molecule has 5 heteroatoms. The van der Waals surface area contributed by atoms with Gasteiger partial charge in [-0.1, -0.05) is 30.3 Å². The van der Waals surface area contributed by atoms with Gasteiger partial charge < -0.3 is 10.2 Å². The number of nitrogens with one attached hydrogen (secondary N) is 1. The first-order chi connectivity index (χ1) is 10.2. The van der Waals surface area contributed by atoms with Gasteiger partial charge in [0.05, 0.1) is 0 Å². The summed E-state index contributed by atoms with van der Waals surface area (Å²) in [6.07, 6.45) is 3.40. The first kappa shape index (κ1) is 13.8. The molecule has 2 saturated heterocycles. The first-order valence-corrected chi connectivity index (χ1v) is 7.28. The van der Waals surface area contributed by atoms with E-state index in [4.69, 9.17) is 0 Å². The lowest BCUT2D eigenvalue weighted by atomic mass is 10.1. The zero-order valence-electron chi connectivity index (χ0n) is 11.9. The Morgan fingerprint density at radius 1 is 1.19 bits per heavy atom. The minimum absolute atomic E-state index is 0.0307. The zero-order chi connectivity index (χ0) is 14.7. The molecular formula is C16H19N3O2. The van der Waals surface area contributed by atoms with E-state index in [2.05, 4.69) is 10.2 Å². The Morgan fingerprint density at radius 2 is 2.00 bits per heavy atom. The minimum atomic E-state index is -0.193. The fourth-order valence-corrected chi connectivity index (χ4v) is 2.81. The molecular weight excluding hydrogens is 266 g/mol. The number of nitrogens with zero attached hydrogens (tertiary/aromatic N) is 2. The molecule has 0 aromatic heterocycles. The van der Waals surface area contributed by atoms with Crippen LogP contribution in [0.4, 0.5) is 0 Å². The Bertz CT molecular complexity index is 556. The average Bonchev–Trinajstić information content (AvgIpc) is 2.54. The maximum Gasteiger partial charge on any atom is 0.246 e. The molecule has 1 N–H and O–H groups in total. The predicted octanol–water partition coefficient (Wildman–Crippen LogP) is 0.342. The summed E-state index contributed by atoms with van der Waals surface area (Å²) in [5.74, 6) is 0.00247. The van der Waals surface area contributed by atoms with Gasteiger partial charge in [-0.2, -0.15) is 0 Å². The molecule has 2 heterocycles. The van der Waals surface area contributed by atoms with Crippen molar-refractivity contribution in [1.29, 1.82) is 0 Å². The highest BCUT2D eigenvalue weighted by molar-refractivity contribution is 5.92. The molecule has 0 radical (unpaired) electrons. The van der Waals surface area contributed by atoms with Gasteiger partial charge in [0, 0.05) is 38.8 Å². The van der Waals surface area contributed by atoms with Crippen molar-refractivity contribution in [2.24, 2.45) is 0 Å². The summed E-state index contributed by atoms with van der Waals surface area (Å²) in [7, 11) is 0. The van der Waals surface area contributed by atoms with Crippen LogP contribution in [-0.2, 0) is 9.59 Å². The molecule has 1 aromatic rings. The lowest BCUT2D eigenvalue weighted by Crippen LogP contribution is -2.64. The summed E-state index contributed by atoms with van der Waals surface area (Å²) >= 11 is 0. The molecule has 2 fully saturated rings. The van der Waals surface area contributed by atoms with Crippen molar-refractivity contribution in [1.82, 2.24) is 15.1 Å². The van der Waals surface area contributed by atoms with Crippen LogP contribution in [0.15, 0.2) is 36.4 Å². The molecule has 110 valence electrons. The van der Waals surface area contributed by atoms with Gasteiger partial charge >= 0.3 is 0 Å². The molecule has 5 nitrogen and oxygen atoms in total. The van der Waals surface area contributed by atoms with Gasteiger partial charge in [-0.3, -0.25) is 14.5 Å². The topological polar surface area (TPSA) is 52.7 Å². The molecule has 0 spiro atoms. The zero-order valence-corrected chi connectivity index (χ0v) is 11.9. The third-order valence-electron chi connectivity index (χ3n) is 4.02. The van der Waals surface area contributed by atoms with E-state index in [9.17, 15) is 9.59 Å². The van der Waals surface area contributed by atoms with Crippen molar-refractivity contribution >= 4 is 17.9 Å². The van der Waals surface area contributed by atoms with Crippen LogP contribution in [0, 0.1) is 0 Å². The Kier molecular flexibility index (Phi) is 4.01. The SMILES string of the molecule is O=C1NCCN2CCN(C(=O)/C=C/c3ccccc3)C[C@H]12. The lowest BCUT2D eigenvalue weighted by Gasteiger charge is -2.42. The van der Waals surface area contributed by atoms with E-state index in [-0.39, 0.29) is 17.9 Å². The summed E-state index contributed by atoms with van der Waals surface area (Å²) in [4.78, 5) is 28.0. The van der Waals surface area contributed by atoms with Crippen molar-refractivity contribution in [3.63, 3.8) is 0 Å². The minimum Gasteiger partial charge on any atom is -0.353 e. The summed E-state index contributed by atoms with van der Waals surface area (Å²) in [6.45, 7) is 3.50. The van der Waals surface area contributed by atoms with Crippen molar-refractivity contribution in [3.05, 3.63) is 42.0 Å². The molecule has 3 rings (SSSR count). The fraction of sp³-hybridized carbons (Fsp3) is 0.375. The predicted molar refractivity (Wildman–Crippen MR) is 80.4 cm³/mol.